The van der Waals surface area contributed by atoms with E-state index in [-0.39, 0.29) is 12.1 Å². The zero-order valence-corrected chi connectivity index (χ0v) is 11.9. The summed E-state index contributed by atoms with van der Waals surface area (Å²) in [6.07, 6.45) is 1.26. The van der Waals surface area contributed by atoms with Crippen molar-refractivity contribution in [1.29, 1.82) is 0 Å². The molecule has 2 heterocycles. The number of para-hydroxylation sites is 1. The predicted octanol–water partition coefficient (Wildman–Crippen LogP) is 3.77. The molecular weight excluding hydrogens is 262 g/mol. The molecule has 3 rings (SSSR count). The molecule has 1 N–H and O–H groups in total. The molecule has 1 aliphatic rings. The predicted molar refractivity (Wildman–Crippen MR) is 76.5 cm³/mol. The second-order valence-corrected chi connectivity index (χ2v) is 5.58. The molecule has 1 saturated heterocycles. The molecule has 0 saturated carbocycles. The van der Waals surface area contributed by atoms with E-state index < -0.39 is 0 Å². The minimum atomic E-state index is 0.0703. The van der Waals surface area contributed by atoms with Gasteiger partial charge in [0.15, 0.2) is 5.58 Å². The molecule has 1 aromatic carbocycles. The Morgan fingerprint density at radius 3 is 2.89 bits per heavy atom. The highest BCUT2D eigenvalue weighted by Crippen LogP contribution is 2.35. The van der Waals surface area contributed by atoms with Crippen molar-refractivity contribution in [2.75, 3.05) is 13.7 Å². The van der Waals surface area contributed by atoms with Crippen LogP contribution in [0.4, 0.5) is 0 Å². The number of benzene rings is 1. The van der Waals surface area contributed by atoms with Crippen LogP contribution in [0.2, 0.25) is 5.02 Å². The standard InChI is InChI=1S/C15H18ClNO2/c1-9-6-7-18-14(9)13(17-2)12-8-10-4-3-5-11(16)15(10)19-12/h3-5,8-9,13-14,17H,6-7H2,1-2H3. The van der Waals surface area contributed by atoms with Gasteiger partial charge in [0.2, 0.25) is 0 Å². The van der Waals surface area contributed by atoms with Gasteiger partial charge in [0.05, 0.1) is 17.2 Å². The smallest absolute Gasteiger partial charge is 0.152 e. The molecule has 1 aromatic heterocycles. The Bertz CT molecular complexity index is 581. The summed E-state index contributed by atoms with van der Waals surface area (Å²) in [4.78, 5) is 0. The maximum absolute atomic E-state index is 6.16. The van der Waals surface area contributed by atoms with E-state index in [2.05, 4.69) is 18.3 Å². The molecule has 3 unspecified atom stereocenters. The van der Waals surface area contributed by atoms with Crippen LogP contribution in [0.15, 0.2) is 28.7 Å². The maximum Gasteiger partial charge on any atom is 0.152 e. The second-order valence-electron chi connectivity index (χ2n) is 5.17. The number of ether oxygens (including phenoxy) is 1. The van der Waals surface area contributed by atoms with Gasteiger partial charge in [-0.05, 0) is 31.5 Å². The molecule has 3 nitrogen and oxygen atoms in total. The molecular formula is C15H18ClNO2. The van der Waals surface area contributed by atoms with Gasteiger partial charge in [0, 0.05) is 12.0 Å². The average molecular weight is 280 g/mol. The van der Waals surface area contributed by atoms with E-state index in [1.807, 2.05) is 25.2 Å². The monoisotopic (exact) mass is 279 g/mol. The Hall–Kier alpha value is -1.03. The summed E-state index contributed by atoms with van der Waals surface area (Å²) in [6.45, 7) is 3.04. The summed E-state index contributed by atoms with van der Waals surface area (Å²) in [7, 11) is 1.94. The summed E-state index contributed by atoms with van der Waals surface area (Å²) in [6, 6.07) is 7.92. The van der Waals surface area contributed by atoms with Crippen molar-refractivity contribution in [3.8, 4) is 0 Å². The normalized spacial score (nSPS) is 25.0. The van der Waals surface area contributed by atoms with Gasteiger partial charge in [-0.25, -0.2) is 0 Å². The molecule has 0 bridgehead atoms. The zero-order valence-electron chi connectivity index (χ0n) is 11.2. The lowest BCUT2D eigenvalue weighted by atomic mass is 9.96. The Morgan fingerprint density at radius 2 is 2.26 bits per heavy atom. The van der Waals surface area contributed by atoms with E-state index in [0.29, 0.717) is 10.9 Å². The van der Waals surface area contributed by atoms with Crippen LogP contribution >= 0.6 is 11.6 Å². The largest absolute Gasteiger partial charge is 0.458 e. The third-order valence-electron chi connectivity index (χ3n) is 3.91. The van der Waals surface area contributed by atoms with Gasteiger partial charge in [-0.1, -0.05) is 30.7 Å². The van der Waals surface area contributed by atoms with Crippen LogP contribution in [-0.2, 0) is 4.74 Å². The fourth-order valence-corrected chi connectivity index (χ4v) is 3.03. The van der Waals surface area contributed by atoms with Gasteiger partial charge in [-0.15, -0.1) is 0 Å². The first-order valence-corrected chi connectivity index (χ1v) is 7.05. The van der Waals surface area contributed by atoms with Crippen LogP contribution < -0.4 is 5.32 Å². The number of fused-ring (bicyclic) bond motifs is 1. The van der Waals surface area contributed by atoms with Crippen molar-refractivity contribution in [1.82, 2.24) is 5.32 Å². The quantitative estimate of drug-likeness (QED) is 0.929. The highest BCUT2D eigenvalue weighted by Gasteiger charge is 2.34. The number of hydrogen-bond acceptors (Lipinski definition) is 3. The topological polar surface area (TPSA) is 34.4 Å². The summed E-state index contributed by atoms with van der Waals surface area (Å²) < 4.78 is 11.8. The van der Waals surface area contributed by atoms with Crippen molar-refractivity contribution in [3.05, 3.63) is 35.0 Å². The highest BCUT2D eigenvalue weighted by atomic mass is 35.5. The summed E-state index contributed by atoms with van der Waals surface area (Å²) >= 11 is 6.16. The van der Waals surface area contributed by atoms with Crippen LogP contribution in [0.25, 0.3) is 11.0 Å². The van der Waals surface area contributed by atoms with Crippen molar-refractivity contribution in [2.45, 2.75) is 25.5 Å². The third kappa shape index (κ3) is 2.27. The van der Waals surface area contributed by atoms with E-state index in [4.69, 9.17) is 20.8 Å². The number of furan rings is 1. The van der Waals surface area contributed by atoms with E-state index >= 15 is 0 Å². The molecule has 1 aliphatic heterocycles. The number of nitrogens with one attached hydrogen (secondary N) is 1. The van der Waals surface area contributed by atoms with Crippen molar-refractivity contribution in [2.24, 2.45) is 5.92 Å². The fraction of sp³-hybridized carbons (Fsp3) is 0.467. The van der Waals surface area contributed by atoms with Crippen molar-refractivity contribution in [3.63, 3.8) is 0 Å². The molecule has 2 aromatic rings. The van der Waals surface area contributed by atoms with Gasteiger partial charge >= 0.3 is 0 Å². The first kappa shape index (κ1) is 13.0. The molecule has 19 heavy (non-hydrogen) atoms. The van der Waals surface area contributed by atoms with Crippen LogP contribution in [0.5, 0.6) is 0 Å². The molecule has 4 heteroatoms. The number of likely N-dealkylation sites (N-methyl/N-ethyl adjacent to an activating group) is 1. The summed E-state index contributed by atoms with van der Waals surface area (Å²) in [5.74, 6) is 1.42. The van der Waals surface area contributed by atoms with E-state index in [0.717, 1.165) is 29.8 Å². The van der Waals surface area contributed by atoms with Gasteiger partial charge < -0.3 is 14.5 Å². The van der Waals surface area contributed by atoms with Crippen LogP contribution in [0.1, 0.15) is 25.1 Å². The van der Waals surface area contributed by atoms with Gasteiger partial charge in [-0.2, -0.15) is 0 Å². The van der Waals surface area contributed by atoms with E-state index in [1.165, 1.54) is 0 Å². The average Bonchev–Trinajstić information content (AvgIpc) is 2.99. The zero-order chi connectivity index (χ0) is 13.4. The maximum atomic E-state index is 6.16. The Morgan fingerprint density at radius 1 is 1.42 bits per heavy atom. The fourth-order valence-electron chi connectivity index (χ4n) is 2.81. The molecule has 0 amide bonds. The Labute approximate surface area is 117 Å². The van der Waals surface area contributed by atoms with E-state index in [1.54, 1.807) is 0 Å². The highest BCUT2D eigenvalue weighted by molar-refractivity contribution is 6.34. The van der Waals surface area contributed by atoms with Crippen molar-refractivity contribution >= 4 is 22.6 Å². The summed E-state index contributed by atoms with van der Waals surface area (Å²) in [5.41, 5.74) is 0.755. The van der Waals surface area contributed by atoms with Crippen LogP contribution in [0, 0.1) is 5.92 Å². The number of halogens is 1. The minimum absolute atomic E-state index is 0.0703. The SMILES string of the molecule is CNC(c1cc2cccc(Cl)c2o1)C1OCCC1C. The first-order valence-electron chi connectivity index (χ1n) is 6.67. The number of hydrogen-bond donors (Lipinski definition) is 1. The van der Waals surface area contributed by atoms with Gasteiger partial charge in [0.1, 0.15) is 5.76 Å². The van der Waals surface area contributed by atoms with Crippen LogP contribution in [-0.4, -0.2) is 19.8 Å². The lowest BCUT2D eigenvalue weighted by Crippen LogP contribution is -2.32. The minimum Gasteiger partial charge on any atom is -0.458 e. The molecule has 1 fully saturated rings. The first-order chi connectivity index (χ1) is 9.20. The van der Waals surface area contributed by atoms with Gasteiger partial charge in [0.25, 0.3) is 0 Å². The second kappa shape index (κ2) is 5.16. The van der Waals surface area contributed by atoms with Gasteiger partial charge in [-0.3, -0.25) is 0 Å². The molecule has 3 atom stereocenters. The molecule has 0 spiro atoms. The van der Waals surface area contributed by atoms with E-state index in [9.17, 15) is 0 Å². The third-order valence-corrected chi connectivity index (χ3v) is 4.20. The Balaban J connectivity index is 1.99. The molecule has 102 valence electrons. The Kier molecular flexibility index (Phi) is 3.52. The van der Waals surface area contributed by atoms with Crippen LogP contribution in [0.3, 0.4) is 0 Å². The molecule has 0 radical (unpaired) electrons. The lowest BCUT2D eigenvalue weighted by Gasteiger charge is -2.23. The number of rotatable bonds is 3. The lowest BCUT2D eigenvalue weighted by molar-refractivity contribution is 0.0569. The van der Waals surface area contributed by atoms with Crippen molar-refractivity contribution < 1.29 is 9.15 Å². The summed E-state index contributed by atoms with van der Waals surface area (Å²) in [5, 5.41) is 5.00. The molecule has 0 aliphatic carbocycles.